The molecule has 0 amide bonds. The molecule has 1 fully saturated rings. The van der Waals surface area contributed by atoms with Gasteiger partial charge in [-0.25, -0.2) is 4.68 Å². The highest BCUT2D eigenvalue weighted by molar-refractivity contribution is 7.99. The topological polar surface area (TPSA) is 55.6 Å². The Bertz CT molecular complexity index is 337. The molecule has 1 saturated carbocycles. The maximum absolute atomic E-state index is 4.07. The minimum Gasteiger partial charge on any atom is -0.316 e. The molecule has 102 valence electrons. The van der Waals surface area contributed by atoms with Crippen LogP contribution in [0.25, 0.3) is 0 Å². The van der Waals surface area contributed by atoms with Gasteiger partial charge in [0, 0.05) is 12.3 Å². The van der Waals surface area contributed by atoms with Gasteiger partial charge in [0.25, 0.3) is 0 Å². The molecule has 6 heteroatoms. The van der Waals surface area contributed by atoms with Crippen LogP contribution >= 0.6 is 11.8 Å². The fourth-order valence-electron chi connectivity index (χ4n) is 1.85. The predicted octanol–water partition coefficient (Wildman–Crippen LogP) is 2.27. The first-order chi connectivity index (χ1) is 8.92. The molecule has 0 radical (unpaired) electrons. The van der Waals surface area contributed by atoms with Crippen LogP contribution in [-0.4, -0.2) is 39.0 Å². The molecule has 0 unspecified atom stereocenters. The zero-order chi connectivity index (χ0) is 12.6. The van der Waals surface area contributed by atoms with Crippen molar-refractivity contribution in [2.45, 2.75) is 56.6 Å². The number of hydrogen-bond acceptors (Lipinski definition) is 5. The van der Waals surface area contributed by atoms with Crippen molar-refractivity contribution in [1.29, 1.82) is 0 Å². The van der Waals surface area contributed by atoms with E-state index in [-0.39, 0.29) is 0 Å². The summed E-state index contributed by atoms with van der Waals surface area (Å²) in [6, 6.07) is 0.574. The SMILES string of the molecule is CCCCCCNCCSc1nnnn1C1CC1. The highest BCUT2D eigenvalue weighted by atomic mass is 32.2. The minimum absolute atomic E-state index is 0.574. The fourth-order valence-corrected chi connectivity index (χ4v) is 2.69. The second-order valence-corrected chi connectivity index (χ2v) is 5.86. The maximum Gasteiger partial charge on any atom is 0.209 e. The Balaban J connectivity index is 1.51. The summed E-state index contributed by atoms with van der Waals surface area (Å²) in [5, 5.41) is 16.3. The van der Waals surface area contributed by atoms with E-state index in [1.165, 1.54) is 38.5 Å². The lowest BCUT2D eigenvalue weighted by atomic mass is 10.2. The van der Waals surface area contributed by atoms with Gasteiger partial charge in [-0.05, 0) is 36.2 Å². The molecule has 0 saturated heterocycles. The molecule has 1 aromatic heterocycles. The number of aromatic nitrogens is 4. The summed E-state index contributed by atoms with van der Waals surface area (Å²) in [7, 11) is 0. The average Bonchev–Trinajstić information content (AvgIpc) is 3.12. The second-order valence-electron chi connectivity index (χ2n) is 4.80. The third kappa shape index (κ3) is 4.57. The summed E-state index contributed by atoms with van der Waals surface area (Å²) < 4.78 is 1.98. The first-order valence-electron chi connectivity index (χ1n) is 7.03. The summed E-state index contributed by atoms with van der Waals surface area (Å²) in [5.74, 6) is 1.04. The summed E-state index contributed by atoms with van der Waals surface area (Å²) in [5.41, 5.74) is 0. The highest BCUT2D eigenvalue weighted by Crippen LogP contribution is 2.36. The van der Waals surface area contributed by atoms with Gasteiger partial charge in [0.05, 0.1) is 6.04 Å². The van der Waals surface area contributed by atoms with Crippen LogP contribution in [0.3, 0.4) is 0 Å². The van der Waals surface area contributed by atoms with Crippen LogP contribution in [0, 0.1) is 0 Å². The molecular weight excluding hydrogens is 246 g/mol. The van der Waals surface area contributed by atoms with E-state index in [9.17, 15) is 0 Å². The summed E-state index contributed by atoms with van der Waals surface area (Å²) in [6.07, 6.45) is 7.75. The van der Waals surface area contributed by atoms with E-state index in [0.29, 0.717) is 6.04 Å². The van der Waals surface area contributed by atoms with Crippen LogP contribution in [0.2, 0.25) is 0 Å². The maximum atomic E-state index is 4.07. The van der Waals surface area contributed by atoms with Crippen LogP contribution in [0.1, 0.15) is 51.5 Å². The van der Waals surface area contributed by atoms with Crippen molar-refractivity contribution in [1.82, 2.24) is 25.5 Å². The first-order valence-corrected chi connectivity index (χ1v) is 8.01. The van der Waals surface area contributed by atoms with Crippen LogP contribution in [0.5, 0.6) is 0 Å². The summed E-state index contributed by atoms with van der Waals surface area (Å²) in [4.78, 5) is 0. The molecule has 0 aromatic carbocycles. The lowest BCUT2D eigenvalue weighted by molar-refractivity contribution is 0.565. The Morgan fingerprint density at radius 2 is 2.17 bits per heavy atom. The van der Waals surface area contributed by atoms with Gasteiger partial charge in [-0.2, -0.15) is 0 Å². The molecule has 0 spiro atoms. The third-order valence-corrected chi connectivity index (χ3v) is 4.01. The number of nitrogens with zero attached hydrogens (tertiary/aromatic N) is 4. The van der Waals surface area contributed by atoms with Crippen LogP contribution in [0.4, 0.5) is 0 Å². The highest BCUT2D eigenvalue weighted by Gasteiger charge is 2.27. The van der Waals surface area contributed by atoms with Crippen molar-refractivity contribution in [3.63, 3.8) is 0 Å². The van der Waals surface area contributed by atoms with Crippen molar-refractivity contribution in [3.05, 3.63) is 0 Å². The fraction of sp³-hybridized carbons (Fsp3) is 0.917. The number of thioether (sulfide) groups is 1. The van der Waals surface area contributed by atoms with E-state index in [1.54, 1.807) is 11.8 Å². The van der Waals surface area contributed by atoms with Crippen LogP contribution in [-0.2, 0) is 0 Å². The van der Waals surface area contributed by atoms with Gasteiger partial charge >= 0.3 is 0 Å². The summed E-state index contributed by atoms with van der Waals surface area (Å²) in [6.45, 7) is 4.41. The minimum atomic E-state index is 0.574. The number of tetrazole rings is 1. The Hall–Kier alpha value is -0.620. The smallest absolute Gasteiger partial charge is 0.209 e. The molecule has 0 bridgehead atoms. The normalized spacial score (nSPS) is 15.2. The van der Waals surface area contributed by atoms with Crippen LogP contribution in [0.15, 0.2) is 5.16 Å². The Kier molecular flexibility index (Phi) is 5.93. The lowest BCUT2D eigenvalue weighted by Crippen LogP contribution is -2.18. The van der Waals surface area contributed by atoms with Gasteiger partial charge in [-0.15, -0.1) is 5.10 Å². The third-order valence-electron chi connectivity index (χ3n) is 3.07. The van der Waals surface area contributed by atoms with Crippen molar-refractivity contribution in [3.8, 4) is 0 Å². The average molecular weight is 269 g/mol. The Morgan fingerprint density at radius 3 is 2.94 bits per heavy atom. The van der Waals surface area contributed by atoms with Crippen molar-refractivity contribution in [2.75, 3.05) is 18.8 Å². The second kappa shape index (κ2) is 7.74. The first kappa shape index (κ1) is 13.8. The number of hydrogen-bond donors (Lipinski definition) is 1. The zero-order valence-electron chi connectivity index (χ0n) is 11.1. The monoisotopic (exact) mass is 269 g/mol. The van der Waals surface area contributed by atoms with Gasteiger partial charge in [0.1, 0.15) is 0 Å². The molecule has 5 nitrogen and oxygen atoms in total. The van der Waals surface area contributed by atoms with Crippen molar-refractivity contribution >= 4 is 11.8 Å². The number of nitrogens with one attached hydrogen (secondary N) is 1. The van der Waals surface area contributed by atoms with E-state index in [1.807, 2.05) is 4.68 Å². The molecule has 0 atom stereocenters. The molecule has 18 heavy (non-hydrogen) atoms. The van der Waals surface area contributed by atoms with Gasteiger partial charge in [-0.3, -0.25) is 0 Å². The Labute approximate surface area is 113 Å². The van der Waals surface area contributed by atoms with Crippen molar-refractivity contribution in [2.24, 2.45) is 0 Å². The van der Waals surface area contributed by atoms with E-state index >= 15 is 0 Å². The molecule has 1 N–H and O–H groups in total. The molecule has 1 aromatic rings. The van der Waals surface area contributed by atoms with Crippen molar-refractivity contribution < 1.29 is 0 Å². The molecular formula is C12H23N5S. The molecule has 1 heterocycles. The number of unbranched alkanes of at least 4 members (excludes halogenated alkanes) is 3. The van der Waals surface area contributed by atoms with Gasteiger partial charge in [0.2, 0.25) is 5.16 Å². The number of rotatable bonds is 10. The molecule has 1 aliphatic carbocycles. The van der Waals surface area contributed by atoms with E-state index in [4.69, 9.17) is 0 Å². The quantitative estimate of drug-likeness (QED) is 0.521. The predicted molar refractivity (Wildman–Crippen MR) is 73.8 cm³/mol. The molecule has 0 aliphatic heterocycles. The Morgan fingerprint density at radius 1 is 1.28 bits per heavy atom. The summed E-state index contributed by atoms with van der Waals surface area (Å²) >= 11 is 1.75. The van der Waals surface area contributed by atoms with E-state index in [0.717, 1.165) is 24.0 Å². The van der Waals surface area contributed by atoms with Gasteiger partial charge in [-0.1, -0.05) is 37.9 Å². The lowest BCUT2D eigenvalue weighted by Gasteiger charge is -2.04. The standard InChI is InChI=1S/C12H23N5S/c1-2-3-4-5-8-13-9-10-18-12-14-15-16-17(12)11-6-7-11/h11,13H,2-10H2,1H3. The van der Waals surface area contributed by atoms with E-state index in [2.05, 4.69) is 27.8 Å². The molecule has 1 aliphatic rings. The largest absolute Gasteiger partial charge is 0.316 e. The van der Waals surface area contributed by atoms with Gasteiger partial charge < -0.3 is 5.32 Å². The van der Waals surface area contributed by atoms with Crippen LogP contribution < -0.4 is 5.32 Å². The van der Waals surface area contributed by atoms with Gasteiger partial charge in [0.15, 0.2) is 0 Å². The zero-order valence-corrected chi connectivity index (χ0v) is 12.0. The van der Waals surface area contributed by atoms with E-state index < -0.39 is 0 Å². The molecule has 2 rings (SSSR count).